The largest absolute Gasteiger partial charge is 0.368 e. The highest BCUT2D eigenvalue weighted by Crippen LogP contribution is 2.35. The van der Waals surface area contributed by atoms with E-state index in [1.807, 2.05) is 0 Å². The lowest BCUT2D eigenvalue weighted by atomic mass is 10.1. The van der Waals surface area contributed by atoms with E-state index in [0.717, 1.165) is 19.1 Å². The molecule has 1 aromatic rings. The molecule has 1 aromatic carbocycles. The Bertz CT molecular complexity index is 441. The molecule has 1 saturated carbocycles. The number of benzene rings is 1. The van der Waals surface area contributed by atoms with Crippen molar-refractivity contribution >= 4 is 21.6 Å². The minimum absolute atomic E-state index is 0.698. The Balaban J connectivity index is 2.12. The molecule has 0 unspecified atom stereocenters. The van der Waals surface area contributed by atoms with Gasteiger partial charge in [-0.1, -0.05) is 49.2 Å². The van der Waals surface area contributed by atoms with Crippen molar-refractivity contribution in [3.8, 4) is 0 Å². The van der Waals surface area contributed by atoms with Crippen LogP contribution in [0.5, 0.6) is 0 Å². The maximum absolute atomic E-state index is 3.65. The molecule has 0 atom stereocenters. The third-order valence-electron chi connectivity index (χ3n) is 3.97. The van der Waals surface area contributed by atoms with Gasteiger partial charge >= 0.3 is 0 Å². The fraction of sp³-hybridized carbons (Fsp3) is 0.667. The van der Waals surface area contributed by atoms with Crippen molar-refractivity contribution < 1.29 is 0 Å². The summed E-state index contributed by atoms with van der Waals surface area (Å²) >= 11 is 3.65. The summed E-state index contributed by atoms with van der Waals surface area (Å²) in [6.45, 7) is 10.0. The quantitative estimate of drug-likeness (QED) is 0.675. The number of unbranched alkanes of at least 4 members (excludes halogenated alkanes) is 1. The van der Waals surface area contributed by atoms with Crippen LogP contribution in [-0.4, -0.2) is 19.1 Å². The van der Waals surface area contributed by atoms with Crippen LogP contribution in [0.15, 0.2) is 22.7 Å². The molecule has 118 valence electrons. The second kappa shape index (κ2) is 8.19. The molecule has 1 fully saturated rings. The van der Waals surface area contributed by atoms with E-state index >= 15 is 0 Å². The maximum Gasteiger partial charge on any atom is 0.0425 e. The number of anilines is 1. The Kier molecular flexibility index (Phi) is 6.56. The second-order valence-corrected chi connectivity index (χ2v) is 7.49. The zero-order chi connectivity index (χ0) is 15.2. The zero-order valence-electron chi connectivity index (χ0n) is 13.7. The number of nitrogens with zero attached hydrogens (tertiary/aromatic N) is 1. The molecule has 0 bridgehead atoms. The lowest BCUT2D eigenvalue weighted by Crippen LogP contribution is -2.29. The van der Waals surface area contributed by atoms with Gasteiger partial charge in [0, 0.05) is 29.3 Å². The Morgan fingerprint density at radius 2 is 2.10 bits per heavy atom. The number of halogens is 1. The average Bonchev–Trinajstić information content (AvgIpc) is 3.26. The molecule has 0 aromatic heterocycles. The molecule has 0 radical (unpaired) electrons. The van der Waals surface area contributed by atoms with Gasteiger partial charge in [-0.15, -0.1) is 0 Å². The molecule has 0 heterocycles. The maximum atomic E-state index is 3.65. The number of nitrogens with one attached hydrogen (secondary N) is 1. The molecule has 3 heteroatoms. The van der Waals surface area contributed by atoms with Gasteiger partial charge in [-0.3, -0.25) is 0 Å². The van der Waals surface area contributed by atoms with E-state index in [1.54, 1.807) is 0 Å². The van der Waals surface area contributed by atoms with E-state index in [9.17, 15) is 0 Å². The highest BCUT2D eigenvalue weighted by Gasteiger charge is 2.30. The first-order valence-corrected chi connectivity index (χ1v) is 9.17. The van der Waals surface area contributed by atoms with Crippen LogP contribution in [-0.2, 0) is 6.54 Å². The standard InChI is InChI=1S/C18H29BrN2/c1-4-5-10-21(17-8-9-17)18-11-16(19)7-6-15(18)13-20-12-14(2)3/h6-7,11,14,17,20H,4-5,8-10,12-13H2,1-3H3. The molecule has 2 nitrogen and oxygen atoms in total. The Morgan fingerprint density at radius 1 is 1.33 bits per heavy atom. The summed E-state index contributed by atoms with van der Waals surface area (Å²) in [6, 6.07) is 7.52. The van der Waals surface area contributed by atoms with Crippen LogP contribution in [0.25, 0.3) is 0 Å². The van der Waals surface area contributed by atoms with Crippen LogP contribution >= 0.6 is 15.9 Å². The Hall–Kier alpha value is -0.540. The average molecular weight is 353 g/mol. The SMILES string of the molecule is CCCCN(c1cc(Br)ccc1CNCC(C)C)C1CC1. The van der Waals surface area contributed by atoms with Gasteiger partial charge in [-0.2, -0.15) is 0 Å². The van der Waals surface area contributed by atoms with Gasteiger partial charge in [-0.25, -0.2) is 0 Å². The molecule has 0 amide bonds. The molecule has 2 rings (SSSR count). The fourth-order valence-corrected chi connectivity index (χ4v) is 3.01. The van der Waals surface area contributed by atoms with Gasteiger partial charge in [0.2, 0.25) is 0 Å². The minimum atomic E-state index is 0.698. The normalized spacial score (nSPS) is 14.7. The lowest BCUT2D eigenvalue weighted by Gasteiger charge is -2.27. The third kappa shape index (κ3) is 5.30. The predicted molar refractivity (Wildman–Crippen MR) is 96.0 cm³/mol. The molecule has 1 aliphatic rings. The second-order valence-electron chi connectivity index (χ2n) is 6.58. The van der Waals surface area contributed by atoms with Crippen molar-refractivity contribution in [2.45, 2.75) is 59.0 Å². The topological polar surface area (TPSA) is 15.3 Å². The molecular weight excluding hydrogens is 324 g/mol. The van der Waals surface area contributed by atoms with Crippen LogP contribution in [0, 0.1) is 5.92 Å². The van der Waals surface area contributed by atoms with Gasteiger partial charge in [0.15, 0.2) is 0 Å². The molecule has 1 aliphatic carbocycles. The Labute approximate surface area is 138 Å². The van der Waals surface area contributed by atoms with E-state index in [-0.39, 0.29) is 0 Å². The van der Waals surface area contributed by atoms with E-state index in [2.05, 4.69) is 65.1 Å². The summed E-state index contributed by atoms with van der Waals surface area (Å²) in [7, 11) is 0. The van der Waals surface area contributed by atoms with Crippen molar-refractivity contribution in [1.29, 1.82) is 0 Å². The highest BCUT2D eigenvalue weighted by molar-refractivity contribution is 9.10. The first kappa shape index (κ1) is 16.8. The summed E-state index contributed by atoms with van der Waals surface area (Å²) in [6.07, 6.45) is 5.25. The van der Waals surface area contributed by atoms with Crippen LogP contribution in [0.3, 0.4) is 0 Å². The summed E-state index contributed by atoms with van der Waals surface area (Å²) in [5, 5.41) is 3.59. The number of rotatable bonds is 9. The van der Waals surface area contributed by atoms with Gasteiger partial charge in [0.25, 0.3) is 0 Å². The van der Waals surface area contributed by atoms with Crippen LogP contribution in [0.4, 0.5) is 5.69 Å². The lowest BCUT2D eigenvalue weighted by molar-refractivity contribution is 0.551. The molecular formula is C18H29BrN2. The van der Waals surface area contributed by atoms with Gasteiger partial charge in [0.05, 0.1) is 0 Å². The van der Waals surface area contributed by atoms with E-state index in [0.29, 0.717) is 5.92 Å². The first-order valence-electron chi connectivity index (χ1n) is 8.37. The van der Waals surface area contributed by atoms with Crippen molar-refractivity contribution in [1.82, 2.24) is 5.32 Å². The minimum Gasteiger partial charge on any atom is -0.368 e. The molecule has 21 heavy (non-hydrogen) atoms. The van der Waals surface area contributed by atoms with Gasteiger partial charge in [-0.05, 0) is 49.4 Å². The predicted octanol–water partition coefficient (Wildman–Crippen LogP) is 4.96. The van der Waals surface area contributed by atoms with Crippen LogP contribution < -0.4 is 10.2 Å². The molecule has 0 spiro atoms. The van der Waals surface area contributed by atoms with Crippen molar-refractivity contribution in [2.24, 2.45) is 5.92 Å². The zero-order valence-corrected chi connectivity index (χ0v) is 15.2. The molecule has 1 N–H and O–H groups in total. The van der Waals surface area contributed by atoms with Gasteiger partial charge in [0.1, 0.15) is 0 Å². The Morgan fingerprint density at radius 3 is 2.71 bits per heavy atom. The molecule has 0 saturated heterocycles. The van der Waals surface area contributed by atoms with Gasteiger partial charge < -0.3 is 10.2 Å². The van der Waals surface area contributed by atoms with Crippen molar-refractivity contribution in [3.63, 3.8) is 0 Å². The van der Waals surface area contributed by atoms with E-state index in [4.69, 9.17) is 0 Å². The number of hydrogen-bond donors (Lipinski definition) is 1. The highest BCUT2D eigenvalue weighted by atomic mass is 79.9. The smallest absolute Gasteiger partial charge is 0.0425 e. The monoisotopic (exact) mass is 352 g/mol. The summed E-state index contributed by atoms with van der Waals surface area (Å²) in [5.74, 6) is 0.698. The number of hydrogen-bond acceptors (Lipinski definition) is 2. The summed E-state index contributed by atoms with van der Waals surface area (Å²) in [4.78, 5) is 2.64. The summed E-state index contributed by atoms with van der Waals surface area (Å²) < 4.78 is 1.19. The van der Waals surface area contributed by atoms with Crippen molar-refractivity contribution in [2.75, 3.05) is 18.0 Å². The van der Waals surface area contributed by atoms with Crippen LogP contribution in [0.2, 0.25) is 0 Å². The van der Waals surface area contributed by atoms with Crippen LogP contribution in [0.1, 0.15) is 52.0 Å². The fourth-order valence-electron chi connectivity index (χ4n) is 2.66. The molecule has 0 aliphatic heterocycles. The van der Waals surface area contributed by atoms with E-state index in [1.165, 1.54) is 48.0 Å². The van der Waals surface area contributed by atoms with E-state index < -0.39 is 0 Å². The summed E-state index contributed by atoms with van der Waals surface area (Å²) in [5.41, 5.74) is 2.86. The third-order valence-corrected chi connectivity index (χ3v) is 4.46. The first-order chi connectivity index (χ1) is 10.1. The van der Waals surface area contributed by atoms with Crippen molar-refractivity contribution in [3.05, 3.63) is 28.2 Å².